The van der Waals surface area contributed by atoms with E-state index in [0.29, 0.717) is 0 Å². The Morgan fingerprint density at radius 3 is 2.35 bits per heavy atom. The van der Waals surface area contributed by atoms with Crippen LogP contribution in [0, 0.1) is 0 Å². The van der Waals surface area contributed by atoms with Gasteiger partial charge in [0.25, 0.3) is 5.91 Å². The zero-order chi connectivity index (χ0) is 15.6. The molecule has 0 aromatic heterocycles. The topological polar surface area (TPSA) is 29.5 Å². The van der Waals surface area contributed by atoms with Gasteiger partial charge in [-0.2, -0.15) is 0 Å². The number of amides is 1. The van der Waals surface area contributed by atoms with Crippen LogP contribution < -0.4 is 0 Å². The van der Waals surface area contributed by atoms with E-state index in [2.05, 4.69) is 32.6 Å². The van der Waals surface area contributed by atoms with Crippen molar-refractivity contribution in [1.82, 2.24) is 5.06 Å². The maximum Gasteiger partial charge on any atom is 0.269 e. The first-order chi connectivity index (χ1) is 9.34. The lowest BCUT2D eigenvalue weighted by atomic mass is 10.1. The number of hydroxylamine groups is 2. The number of carbonyl (C=O) groups is 1. The molecule has 0 unspecified atom stereocenters. The van der Waals surface area contributed by atoms with Crippen molar-refractivity contribution in [1.29, 1.82) is 0 Å². The van der Waals surface area contributed by atoms with Gasteiger partial charge in [0.2, 0.25) is 0 Å². The SMILES string of the molecule is CCCCCC/C=C/C=C(/C(=O)N(C)OC)[Si](C)(C)C. The summed E-state index contributed by atoms with van der Waals surface area (Å²) < 4.78 is 0. The molecule has 0 atom stereocenters. The van der Waals surface area contributed by atoms with Crippen LogP contribution in [0.2, 0.25) is 19.6 Å². The highest BCUT2D eigenvalue weighted by atomic mass is 28.3. The van der Waals surface area contributed by atoms with E-state index < -0.39 is 8.07 Å². The van der Waals surface area contributed by atoms with Crippen molar-refractivity contribution >= 4 is 14.0 Å². The van der Waals surface area contributed by atoms with Gasteiger partial charge in [-0.25, -0.2) is 5.06 Å². The van der Waals surface area contributed by atoms with Crippen LogP contribution in [0.4, 0.5) is 0 Å². The minimum Gasteiger partial charge on any atom is -0.274 e. The number of unbranched alkanes of at least 4 members (excludes halogenated alkanes) is 4. The van der Waals surface area contributed by atoms with Crippen LogP contribution in [0.3, 0.4) is 0 Å². The van der Waals surface area contributed by atoms with Gasteiger partial charge in [-0.15, -0.1) is 0 Å². The molecule has 0 fully saturated rings. The van der Waals surface area contributed by atoms with Crippen molar-refractivity contribution in [2.45, 2.75) is 58.7 Å². The molecule has 0 aliphatic carbocycles. The fourth-order valence-corrected chi connectivity index (χ4v) is 3.24. The Bertz CT molecular complexity index is 343. The van der Waals surface area contributed by atoms with E-state index in [-0.39, 0.29) is 5.91 Å². The summed E-state index contributed by atoms with van der Waals surface area (Å²) in [4.78, 5) is 17.3. The summed E-state index contributed by atoms with van der Waals surface area (Å²) in [5.74, 6) is -0.0256. The number of hydrogen-bond donors (Lipinski definition) is 0. The molecule has 0 bridgehead atoms. The second-order valence-electron chi connectivity index (χ2n) is 6.09. The van der Waals surface area contributed by atoms with Gasteiger partial charge in [-0.3, -0.25) is 9.63 Å². The molecule has 0 aliphatic rings. The molecule has 0 aliphatic heterocycles. The number of rotatable bonds is 9. The summed E-state index contributed by atoms with van der Waals surface area (Å²) in [6, 6.07) is 0. The van der Waals surface area contributed by atoms with Gasteiger partial charge in [0.1, 0.15) is 0 Å². The third kappa shape index (κ3) is 7.65. The summed E-state index contributed by atoms with van der Waals surface area (Å²) >= 11 is 0. The monoisotopic (exact) mass is 297 g/mol. The maximum absolute atomic E-state index is 12.3. The van der Waals surface area contributed by atoms with Crippen LogP contribution in [-0.2, 0) is 9.63 Å². The Hall–Kier alpha value is -0.873. The van der Waals surface area contributed by atoms with Gasteiger partial charge >= 0.3 is 0 Å². The minimum absolute atomic E-state index is 0.0256. The van der Waals surface area contributed by atoms with Crippen molar-refractivity contribution in [2.24, 2.45) is 0 Å². The van der Waals surface area contributed by atoms with Gasteiger partial charge in [0.05, 0.1) is 15.2 Å². The summed E-state index contributed by atoms with van der Waals surface area (Å²) in [7, 11) is 1.50. The summed E-state index contributed by atoms with van der Waals surface area (Å²) in [6.45, 7) is 8.75. The normalized spacial score (nSPS) is 13.0. The average molecular weight is 298 g/mol. The van der Waals surface area contributed by atoms with E-state index in [9.17, 15) is 4.79 Å². The number of carbonyl (C=O) groups excluding carboxylic acids is 1. The van der Waals surface area contributed by atoms with Gasteiger partial charge in [-0.1, -0.05) is 64.1 Å². The maximum atomic E-state index is 12.3. The van der Waals surface area contributed by atoms with Crippen molar-refractivity contribution < 1.29 is 9.63 Å². The van der Waals surface area contributed by atoms with Gasteiger partial charge in [0.15, 0.2) is 0 Å². The molecule has 0 aromatic carbocycles. The smallest absolute Gasteiger partial charge is 0.269 e. The molecule has 116 valence electrons. The third-order valence-electron chi connectivity index (χ3n) is 3.22. The Morgan fingerprint density at radius 1 is 1.20 bits per heavy atom. The van der Waals surface area contributed by atoms with E-state index >= 15 is 0 Å². The molecule has 3 nitrogen and oxygen atoms in total. The second-order valence-corrected chi connectivity index (χ2v) is 11.1. The molecule has 0 heterocycles. The molecule has 0 aromatic rings. The Labute approximate surface area is 125 Å². The Morgan fingerprint density at radius 2 is 1.85 bits per heavy atom. The van der Waals surface area contributed by atoms with Crippen LogP contribution in [0.5, 0.6) is 0 Å². The zero-order valence-electron chi connectivity index (χ0n) is 14.0. The zero-order valence-corrected chi connectivity index (χ0v) is 15.0. The molecule has 0 N–H and O–H groups in total. The van der Waals surface area contributed by atoms with Gasteiger partial charge in [-0.05, 0) is 12.8 Å². The highest BCUT2D eigenvalue weighted by Crippen LogP contribution is 2.17. The number of hydrogen-bond acceptors (Lipinski definition) is 2. The van der Waals surface area contributed by atoms with Crippen molar-refractivity contribution in [2.75, 3.05) is 14.2 Å². The minimum atomic E-state index is -1.67. The van der Waals surface area contributed by atoms with Crippen LogP contribution >= 0.6 is 0 Å². The largest absolute Gasteiger partial charge is 0.274 e. The highest BCUT2D eigenvalue weighted by molar-refractivity contribution is 6.87. The molecule has 0 spiro atoms. The van der Waals surface area contributed by atoms with Crippen LogP contribution in [0.15, 0.2) is 23.4 Å². The molecule has 0 rings (SSSR count). The van der Waals surface area contributed by atoms with Crippen LogP contribution in [0.25, 0.3) is 0 Å². The first-order valence-corrected chi connectivity index (χ1v) is 11.0. The molecular weight excluding hydrogens is 266 g/mol. The lowest BCUT2D eigenvalue weighted by Crippen LogP contribution is -2.37. The molecule has 1 amide bonds. The molecule has 0 radical (unpaired) electrons. The third-order valence-corrected chi connectivity index (χ3v) is 5.22. The van der Waals surface area contributed by atoms with Crippen molar-refractivity contribution in [3.05, 3.63) is 23.4 Å². The summed E-state index contributed by atoms with van der Waals surface area (Å²) in [5, 5.41) is 2.20. The fourth-order valence-electron chi connectivity index (χ4n) is 1.84. The predicted octanol–water partition coefficient (Wildman–Crippen LogP) is 4.34. The Balaban J connectivity index is 4.60. The summed E-state index contributed by atoms with van der Waals surface area (Å²) in [5.41, 5.74) is 0. The molecular formula is C16H31NO2Si. The van der Waals surface area contributed by atoms with E-state index in [1.807, 2.05) is 12.2 Å². The average Bonchev–Trinajstić information content (AvgIpc) is 2.38. The summed E-state index contributed by atoms with van der Waals surface area (Å²) in [6.07, 6.45) is 12.3. The fraction of sp³-hybridized carbons (Fsp3) is 0.688. The lowest BCUT2D eigenvalue weighted by molar-refractivity contribution is -0.163. The van der Waals surface area contributed by atoms with Gasteiger partial charge < -0.3 is 0 Å². The first kappa shape index (κ1) is 19.1. The lowest BCUT2D eigenvalue weighted by Gasteiger charge is -2.23. The predicted molar refractivity (Wildman–Crippen MR) is 89.1 cm³/mol. The Kier molecular flexibility index (Phi) is 9.51. The second kappa shape index (κ2) is 9.94. The highest BCUT2D eigenvalue weighted by Gasteiger charge is 2.27. The molecule has 20 heavy (non-hydrogen) atoms. The molecule has 4 heteroatoms. The van der Waals surface area contributed by atoms with Crippen molar-refractivity contribution in [3.8, 4) is 0 Å². The number of nitrogens with zero attached hydrogens (tertiary/aromatic N) is 1. The van der Waals surface area contributed by atoms with Crippen molar-refractivity contribution in [3.63, 3.8) is 0 Å². The van der Waals surface area contributed by atoms with E-state index in [1.54, 1.807) is 7.05 Å². The van der Waals surface area contributed by atoms with Crippen LogP contribution in [-0.4, -0.2) is 33.2 Å². The first-order valence-electron chi connectivity index (χ1n) is 7.54. The quantitative estimate of drug-likeness (QED) is 0.208. The van der Waals surface area contributed by atoms with E-state index in [0.717, 1.165) is 11.6 Å². The number of likely N-dealkylation sites (N-methyl/N-ethyl adjacent to an activating group) is 1. The van der Waals surface area contributed by atoms with E-state index in [4.69, 9.17) is 4.84 Å². The van der Waals surface area contributed by atoms with Gasteiger partial charge in [0, 0.05) is 12.2 Å². The van der Waals surface area contributed by atoms with Crippen LogP contribution in [0.1, 0.15) is 39.0 Å². The van der Waals surface area contributed by atoms with E-state index in [1.165, 1.54) is 37.9 Å². The molecule has 0 saturated heterocycles. The molecule has 0 saturated carbocycles. The number of allylic oxidation sites excluding steroid dienone is 3. The standard InChI is InChI=1S/C16H31NO2Si/c1-7-8-9-10-11-12-13-14-15(20(4,5)6)16(18)17(2)19-3/h12-14H,7-11H2,1-6H3/b13-12+,15-14-.